The molecule has 0 aromatic heterocycles. The van der Waals surface area contributed by atoms with Crippen molar-refractivity contribution in [1.29, 1.82) is 0 Å². The van der Waals surface area contributed by atoms with Gasteiger partial charge in [-0.3, -0.25) is 19.4 Å². The van der Waals surface area contributed by atoms with Gasteiger partial charge < -0.3 is 10.6 Å². The number of amides is 2. The second kappa shape index (κ2) is 9.84. The number of hydrogen-bond donors (Lipinski definition) is 2. The van der Waals surface area contributed by atoms with E-state index in [2.05, 4.69) is 5.32 Å². The largest absolute Gasteiger partial charge is 0.417 e. The lowest BCUT2D eigenvalue weighted by Gasteiger charge is -2.33. The van der Waals surface area contributed by atoms with Gasteiger partial charge in [-0.2, -0.15) is 26.3 Å². The molecule has 2 amide bonds. The molecule has 0 saturated carbocycles. The number of piperazine rings is 1. The van der Waals surface area contributed by atoms with Gasteiger partial charge in [0.25, 0.3) is 0 Å². The molecule has 1 aromatic rings. The van der Waals surface area contributed by atoms with Crippen LogP contribution in [0.2, 0.25) is 5.02 Å². The first-order chi connectivity index (χ1) is 13.8. The van der Waals surface area contributed by atoms with Gasteiger partial charge in [0.1, 0.15) is 6.54 Å². The van der Waals surface area contributed by atoms with Crippen molar-refractivity contribution in [2.75, 3.05) is 51.1 Å². The van der Waals surface area contributed by atoms with Crippen molar-refractivity contribution in [3.63, 3.8) is 0 Å². The zero-order chi connectivity index (χ0) is 22.5. The van der Waals surface area contributed by atoms with Gasteiger partial charge in [0, 0.05) is 31.9 Å². The summed E-state index contributed by atoms with van der Waals surface area (Å²) in [4.78, 5) is 27.0. The highest BCUT2D eigenvalue weighted by molar-refractivity contribution is 6.31. The van der Waals surface area contributed by atoms with Gasteiger partial charge in [-0.1, -0.05) is 11.6 Å². The van der Waals surface area contributed by atoms with Crippen LogP contribution in [0.5, 0.6) is 0 Å². The SMILES string of the molecule is O=C(CN1CCN(CC(=O)Nc2ccc(Cl)c(C(F)(F)F)c2)CC1)NCC(F)(F)F. The summed E-state index contributed by atoms with van der Waals surface area (Å²) >= 11 is 5.53. The van der Waals surface area contributed by atoms with Gasteiger partial charge in [0.2, 0.25) is 11.8 Å². The van der Waals surface area contributed by atoms with E-state index in [4.69, 9.17) is 11.6 Å². The van der Waals surface area contributed by atoms with E-state index in [1.54, 1.807) is 15.1 Å². The van der Waals surface area contributed by atoms with Gasteiger partial charge in [-0.05, 0) is 18.2 Å². The number of halogens is 7. The Balaban J connectivity index is 1.77. The highest BCUT2D eigenvalue weighted by Gasteiger charge is 2.33. The highest BCUT2D eigenvalue weighted by atomic mass is 35.5. The molecule has 1 heterocycles. The molecule has 0 bridgehead atoms. The standard InChI is InChI=1S/C17H19ClF6N4O2/c18-13-2-1-11(7-12(13)17(22,23)24)26-15(30)9-28-5-3-27(4-6-28)8-14(29)25-10-16(19,20)21/h1-2,7H,3-6,8-10H2,(H,25,29)(H,26,30). The van der Waals surface area contributed by atoms with Gasteiger partial charge in [-0.25, -0.2) is 0 Å². The molecule has 0 aliphatic carbocycles. The molecule has 1 aromatic carbocycles. The summed E-state index contributed by atoms with van der Waals surface area (Å²) in [5, 5.41) is 3.69. The molecule has 13 heteroatoms. The summed E-state index contributed by atoms with van der Waals surface area (Å²) in [5.41, 5.74) is -1.10. The van der Waals surface area contributed by atoms with Crippen molar-refractivity contribution in [3.8, 4) is 0 Å². The van der Waals surface area contributed by atoms with E-state index in [0.29, 0.717) is 26.2 Å². The zero-order valence-corrected chi connectivity index (χ0v) is 16.3. The van der Waals surface area contributed by atoms with Crippen LogP contribution in [0.15, 0.2) is 18.2 Å². The first-order valence-electron chi connectivity index (χ1n) is 8.78. The third-order valence-corrected chi connectivity index (χ3v) is 4.57. The molecule has 168 valence electrons. The van der Waals surface area contributed by atoms with Crippen LogP contribution in [0.25, 0.3) is 0 Å². The minimum atomic E-state index is -4.65. The maximum atomic E-state index is 12.9. The maximum absolute atomic E-state index is 12.9. The summed E-state index contributed by atoms with van der Waals surface area (Å²) in [7, 11) is 0. The number of nitrogens with one attached hydrogen (secondary N) is 2. The maximum Gasteiger partial charge on any atom is 0.417 e. The lowest BCUT2D eigenvalue weighted by molar-refractivity contribution is -0.139. The van der Waals surface area contributed by atoms with Crippen LogP contribution in [0.3, 0.4) is 0 Å². The Bertz CT molecular complexity index is 764. The predicted octanol–water partition coefficient (Wildman–Crippen LogP) is 2.59. The quantitative estimate of drug-likeness (QED) is 0.641. The van der Waals surface area contributed by atoms with Crippen molar-refractivity contribution in [2.45, 2.75) is 12.4 Å². The van der Waals surface area contributed by atoms with E-state index in [-0.39, 0.29) is 18.8 Å². The van der Waals surface area contributed by atoms with E-state index in [1.807, 2.05) is 0 Å². The van der Waals surface area contributed by atoms with Gasteiger partial charge in [0.15, 0.2) is 0 Å². The van der Waals surface area contributed by atoms with Crippen LogP contribution in [-0.2, 0) is 15.8 Å². The van der Waals surface area contributed by atoms with E-state index in [9.17, 15) is 35.9 Å². The second-order valence-corrected chi connectivity index (χ2v) is 7.09. The molecule has 2 N–H and O–H groups in total. The van der Waals surface area contributed by atoms with Crippen molar-refractivity contribution in [2.24, 2.45) is 0 Å². The molecule has 0 spiro atoms. The predicted molar refractivity (Wildman–Crippen MR) is 97.0 cm³/mol. The van der Waals surface area contributed by atoms with E-state index in [0.717, 1.165) is 12.1 Å². The summed E-state index contributed by atoms with van der Waals surface area (Å²) in [6, 6.07) is 3.05. The molecule has 0 atom stereocenters. The fourth-order valence-electron chi connectivity index (χ4n) is 2.79. The van der Waals surface area contributed by atoms with Crippen LogP contribution in [0, 0.1) is 0 Å². The van der Waals surface area contributed by atoms with Crippen molar-refractivity contribution >= 4 is 29.1 Å². The number of hydrogen-bond acceptors (Lipinski definition) is 4. The Kier molecular flexibility index (Phi) is 7.94. The Morgan fingerprint density at radius 1 is 0.933 bits per heavy atom. The molecule has 0 radical (unpaired) electrons. The average Bonchev–Trinajstić information content (AvgIpc) is 2.62. The number of alkyl halides is 6. The Labute approximate surface area is 173 Å². The number of carbonyl (C=O) groups excluding carboxylic acids is 2. The molecule has 1 saturated heterocycles. The first-order valence-corrected chi connectivity index (χ1v) is 9.16. The lowest BCUT2D eigenvalue weighted by Crippen LogP contribution is -2.51. The molecular formula is C17H19ClF6N4O2. The summed E-state index contributed by atoms with van der Waals surface area (Å²) in [5.74, 6) is -1.27. The van der Waals surface area contributed by atoms with Crippen LogP contribution in [-0.4, -0.2) is 73.6 Å². The van der Waals surface area contributed by atoms with Crippen LogP contribution in [0.4, 0.5) is 32.0 Å². The fourth-order valence-corrected chi connectivity index (χ4v) is 3.01. The van der Waals surface area contributed by atoms with Crippen molar-refractivity contribution < 1.29 is 35.9 Å². The van der Waals surface area contributed by atoms with Crippen LogP contribution < -0.4 is 10.6 Å². The minimum Gasteiger partial charge on any atom is -0.346 e. The molecule has 0 unspecified atom stereocenters. The Morgan fingerprint density at radius 3 is 1.97 bits per heavy atom. The average molecular weight is 461 g/mol. The monoisotopic (exact) mass is 460 g/mol. The topological polar surface area (TPSA) is 64.7 Å². The van der Waals surface area contributed by atoms with Gasteiger partial charge in [0.05, 0.1) is 23.7 Å². The number of carbonyl (C=O) groups is 2. The summed E-state index contributed by atoms with van der Waals surface area (Å²) in [6.45, 7) is -0.230. The normalized spacial score (nSPS) is 16.4. The van der Waals surface area contributed by atoms with Crippen molar-refractivity contribution in [3.05, 3.63) is 28.8 Å². The number of nitrogens with zero attached hydrogens (tertiary/aromatic N) is 2. The summed E-state index contributed by atoms with van der Waals surface area (Å²) in [6.07, 6.45) is -9.13. The highest BCUT2D eigenvalue weighted by Crippen LogP contribution is 2.36. The third kappa shape index (κ3) is 8.00. The number of anilines is 1. The first kappa shape index (κ1) is 24.2. The van der Waals surface area contributed by atoms with Crippen LogP contribution in [0.1, 0.15) is 5.56 Å². The molecule has 1 aliphatic heterocycles. The molecule has 30 heavy (non-hydrogen) atoms. The van der Waals surface area contributed by atoms with Gasteiger partial charge >= 0.3 is 12.4 Å². The van der Waals surface area contributed by atoms with Crippen molar-refractivity contribution in [1.82, 2.24) is 15.1 Å². The fraction of sp³-hybridized carbons (Fsp3) is 0.529. The smallest absolute Gasteiger partial charge is 0.346 e. The molecule has 1 fully saturated rings. The molecule has 1 aliphatic rings. The van der Waals surface area contributed by atoms with E-state index < -0.39 is 41.3 Å². The Morgan fingerprint density at radius 2 is 1.47 bits per heavy atom. The molecular weight excluding hydrogens is 442 g/mol. The second-order valence-electron chi connectivity index (χ2n) is 6.68. The van der Waals surface area contributed by atoms with E-state index >= 15 is 0 Å². The van der Waals surface area contributed by atoms with E-state index in [1.165, 1.54) is 6.07 Å². The lowest BCUT2D eigenvalue weighted by atomic mass is 10.2. The minimum absolute atomic E-state index is 0.0447. The number of rotatable bonds is 6. The number of benzene rings is 1. The molecule has 6 nitrogen and oxygen atoms in total. The van der Waals surface area contributed by atoms with Gasteiger partial charge in [-0.15, -0.1) is 0 Å². The molecule has 2 rings (SSSR count). The zero-order valence-electron chi connectivity index (χ0n) is 15.5. The third-order valence-electron chi connectivity index (χ3n) is 4.24. The Hall–Kier alpha value is -2.05. The summed E-state index contributed by atoms with van der Waals surface area (Å²) < 4.78 is 74.9. The van der Waals surface area contributed by atoms with Crippen LogP contribution >= 0.6 is 11.6 Å².